The molecule has 0 aliphatic heterocycles. The minimum Gasteiger partial charge on any atom is -0.399 e. The molecule has 0 saturated carbocycles. The van der Waals surface area contributed by atoms with Gasteiger partial charge in [-0.25, -0.2) is 0 Å². The van der Waals surface area contributed by atoms with E-state index in [9.17, 15) is 16.8 Å². The Labute approximate surface area is 127 Å². The van der Waals surface area contributed by atoms with Crippen LogP contribution in [0.3, 0.4) is 0 Å². The third-order valence-electron chi connectivity index (χ3n) is 2.67. The van der Waals surface area contributed by atoms with Crippen molar-refractivity contribution in [2.75, 3.05) is 17.2 Å². The van der Waals surface area contributed by atoms with Gasteiger partial charge in [-0.15, -0.1) is 3.63 Å². The van der Waals surface area contributed by atoms with Crippen LogP contribution >= 0.6 is 0 Å². The zero-order valence-electron chi connectivity index (χ0n) is 11.1. The first-order valence-electron chi connectivity index (χ1n) is 5.84. The lowest BCUT2D eigenvalue weighted by Crippen LogP contribution is -2.16. The second-order valence-electron chi connectivity index (χ2n) is 4.31. The summed E-state index contributed by atoms with van der Waals surface area (Å²) in [5.41, 5.74) is 16.4. The minimum atomic E-state index is -4.65. The average Bonchev–Trinajstić information content (AvgIpc) is 2.37. The summed E-state index contributed by atoms with van der Waals surface area (Å²) in [4.78, 5) is -0.952. The van der Waals surface area contributed by atoms with E-state index in [1.165, 1.54) is 30.3 Å². The summed E-state index contributed by atoms with van der Waals surface area (Å²) >= 11 is 0. The van der Waals surface area contributed by atoms with E-state index in [-0.39, 0.29) is 17.1 Å². The third-order valence-corrected chi connectivity index (χ3v) is 5.92. The maximum atomic E-state index is 12.1. The molecule has 22 heavy (non-hydrogen) atoms. The van der Waals surface area contributed by atoms with Crippen molar-refractivity contribution in [1.82, 2.24) is 0 Å². The van der Waals surface area contributed by atoms with Gasteiger partial charge in [0.2, 0.25) is 0 Å². The number of benzene rings is 2. The van der Waals surface area contributed by atoms with Crippen molar-refractivity contribution in [2.45, 2.75) is 9.79 Å². The molecular weight excluding hydrogens is 330 g/mol. The van der Waals surface area contributed by atoms with Crippen molar-refractivity contribution >= 4 is 37.3 Å². The smallest absolute Gasteiger partial charge is 0.313 e. The highest BCUT2D eigenvalue weighted by molar-refractivity contribution is 8.00. The average molecular weight is 343 g/mol. The number of para-hydroxylation sites is 1. The number of rotatable bonds is 4. The predicted octanol–water partition coefficient (Wildman–Crippen LogP) is 0.527. The van der Waals surface area contributed by atoms with Crippen LogP contribution in [0.4, 0.5) is 17.1 Å². The predicted molar refractivity (Wildman–Crippen MR) is 81.6 cm³/mol. The Morgan fingerprint density at radius 1 is 0.727 bits per heavy atom. The molecule has 0 unspecified atom stereocenters. The van der Waals surface area contributed by atoms with Crippen LogP contribution in [0.2, 0.25) is 0 Å². The molecule has 0 bridgehead atoms. The lowest BCUT2D eigenvalue weighted by molar-refractivity contribution is 0.462. The SMILES string of the molecule is Nc1ccc(S(=O)(=O)OS(=O)(=O)c2ccccc2N)c(N)c1. The number of nitrogens with two attached hydrogens (primary N) is 3. The van der Waals surface area contributed by atoms with Gasteiger partial charge in [-0.2, -0.15) is 16.8 Å². The number of nitrogen functional groups attached to an aromatic ring is 3. The fourth-order valence-electron chi connectivity index (χ4n) is 1.69. The lowest BCUT2D eigenvalue weighted by atomic mass is 10.3. The van der Waals surface area contributed by atoms with Crippen LogP contribution in [-0.4, -0.2) is 16.8 Å². The summed E-state index contributed by atoms with van der Waals surface area (Å²) in [6.07, 6.45) is 0. The molecular formula is C12H13N3O5S2. The number of hydrogen-bond donors (Lipinski definition) is 3. The summed E-state index contributed by atoms with van der Waals surface area (Å²) in [5, 5.41) is 0. The maximum Gasteiger partial charge on any atom is 0.313 e. The lowest BCUT2D eigenvalue weighted by Gasteiger charge is -2.10. The second-order valence-corrected chi connectivity index (χ2v) is 7.55. The Hall–Kier alpha value is -2.30. The molecule has 0 aliphatic carbocycles. The summed E-state index contributed by atoms with van der Waals surface area (Å²) in [7, 11) is -9.28. The van der Waals surface area contributed by atoms with E-state index < -0.39 is 30.0 Å². The maximum absolute atomic E-state index is 12.1. The van der Waals surface area contributed by atoms with Gasteiger partial charge in [0.25, 0.3) is 0 Å². The second kappa shape index (κ2) is 5.48. The Morgan fingerprint density at radius 3 is 1.82 bits per heavy atom. The van der Waals surface area contributed by atoms with Gasteiger partial charge < -0.3 is 17.2 Å². The largest absolute Gasteiger partial charge is 0.399 e. The fraction of sp³-hybridized carbons (Fsp3) is 0. The number of anilines is 3. The first kappa shape index (κ1) is 16.1. The summed E-state index contributed by atoms with van der Waals surface area (Å²) < 4.78 is 52.7. The molecule has 0 fully saturated rings. The van der Waals surface area contributed by atoms with E-state index in [4.69, 9.17) is 17.2 Å². The molecule has 0 amide bonds. The van der Waals surface area contributed by atoms with Gasteiger partial charge in [-0.3, -0.25) is 0 Å². The van der Waals surface area contributed by atoms with Crippen LogP contribution in [0.5, 0.6) is 0 Å². The van der Waals surface area contributed by atoms with Gasteiger partial charge in [0, 0.05) is 5.69 Å². The van der Waals surface area contributed by atoms with E-state index >= 15 is 0 Å². The van der Waals surface area contributed by atoms with Gasteiger partial charge in [0.1, 0.15) is 9.79 Å². The van der Waals surface area contributed by atoms with Gasteiger partial charge in [-0.1, -0.05) is 12.1 Å². The zero-order chi connectivity index (χ0) is 16.5. The Morgan fingerprint density at radius 2 is 1.27 bits per heavy atom. The van der Waals surface area contributed by atoms with E-state index in [1.54, 1.807) is 0 Å². The van der Waals surface area contributed by atoms with E-state index in [1.807, 2.05) is 0 Å². The van der Waals surface area contributed by atoms with Crippen LogP contribution in [0, 0.1) is 0 Å². The van der Waals surface area contributed by atoms with Crippen LogP contribution in [0.15, 0.2) is 52.3 Å². The molecule has 0 atom stereocenters. The Bertz CT molecular complexity index is 924. The molecule has 2 rings (SSSR count). The molecule has 0 aromatic heterocycles. The fourth-order valence-corrected chi connectivity index (χ4v) is 4.41. The molecule has 0 spiro atoms. The van der Waals surface area contributed by atoms with E-state index in [2.05, 4.69) is 3.63 Å². The molecule has 118 valence electrons. The monoisotopic (exact) mass is 343 g/mol. The van der Waals surface area contributed by atoms with Crippen molar-refractivity contribution in [2.24, 2.45) is 0 Å². The Balaban J connectivity index is 2.47. The summed E-state index contributed by atoms with van der Waals surface area (Å²) in [6, 6.07) is 8.82. The van der Waals surface area contributed by atoms with Crippen molar-refractivity contribution in [3.8, 4) is 0 Å². The molecule has 2 aromatic rings. The van der Waals surface area contributed by atoms with Gasteiger partial charge in [0.15, 0.2) is 0 Å². The van der Waals surface area contributed by atoms with Gasteiger partial charge in [0.05, 0.1) is 11.4 Å². The minimum absolute atomic E-state index is 0.136. The first-order valence-corrected chi connectivity index (χ1v) is 8.66. The van der Waals surface area contributed by atoms with Crippen LogP contribution in [0.1, 0.15) is 0 Å². The zero-order valence-corrected chi connectivity index (χ0v) is 12.8. The molecule has 6 N–H and O–H groups in total. The molecule has 0 radical (unpaired) electrons. The molecule has 2 aromatic carbocycles. The highest BCUT2D eigenvalue weighted by Gasteiger charge is 2.29. The highest BCUT2D eigenvalue weighted by Crippen LogP contribution is 2.27. The van der Waals surface area contributed by atoms with Crippen LogP contribution in [0.25, 0.3) is 0 Å². The van der Waals surface area contributed by atoms with Crippen molar-refractivity contribution in [1.29, 1.82) is 0 Å². The Kier molecular flexibility index (Phi) is 4.00. The van der Waals surface area contributed by atoms with Crippen molar-refractivity contribution < 1.29 is 20.5 Å². The number of hydrogen-bond acceptors (Lipinski definition) is 8. The van der Waals surface area contributed by atoms with E-state index in [0.29, 0.717) is 0 Å². The highest BCUT2D eigenvalue weighted by atomic mass is 32.3. The molecule has 0 saturated heterocycles. The van der Waals surface area contributed by atoms with Crippen LogP contribution in [-0.2, 0) is 23.9 Å². The van der Waals surface area contributed by atoms with Gasteiger partial charge in [-0.05, 0) is 30.3 Å². The molecule has 10 heteroatoms. The van der Waals surface area contributed by atoms with Gasteiger partial charge >= 0.3 is 20.2 Å². The quantitative estimate of drug-likeness (QED) is 0.679. The first-order chi connectivity index (χ1) is 10.1. The standard InChI is InChI=1S/C12H13N3O5S2/c13-8-5-6-12(10(15)7-8)22(18,19)20-21(16,17)11-4-2-1-3-9(11)14/h1-7H,13-15H2. The summed E-state index contributed by atoms with van der Waals surface area (Å²) in [6.45, 7) is 0. The van der Waals surface area contributed by atoms with Crippen molar-refractivity contribution in [3.05, 3.63) is 42.5 Å². The molecule has 8 nitrogen and oxygen atoms in total. The van der Waals surface area contributed by atoms with E-state index in [0.717, 1.165) is 12.1 Å². The molecule has 0 heterocycles. The summed E-state index contributed by atoms with van der Waals surface area (Å²) in [5.74, 6) is 0. The topological polar surface area (TPSA) is 156 Å². The van der Waals surface area contributed by atoms with Crippen molar-refractivity contribution in [3.63, 3.8) is 0 Å². The molecule has 0 aliphatic rings. The third kappa shape index (κ3) is 3.13. The normalized spacial score (nSPS) is 12.2. The van der Waals surface area contributed by atoms with Crippen LogP contribution < -0.4 is 17.2 Å².